The van der Waals surface area contributed by atoms with Gasteiger partial charge in [-0.15, -0.1) is 10.2 Å². The molecule has 2 heterocycles. The molecule has 0 radical (unpaired) electrons. The minimum Gasteiger partial charge on any atom is -0.344 e. The summed E-state index contributed by atoms with van der Waals surface area (Å²) in [5, 5.41) is 7.39. The lowest BCUT2D eigenvalue weighted by molar-refractivity contribution is -0.138. The first kappa shape index (κ1) is 14.0. The molecule has 1 aliphatic rings. The fourth-order valence-corrected chi connectivity index (χ4v) is 3.28. The van der Waals surface area contributed by atoms with Crippen LogP contribution < -0.4 is 4.90 Å². The average molecular weight is 344 g/mol. The molecule has 1 saturated heterocycles. The summed E-state index contributed by atoms with van der Waals surface area (Å²) in [6.07, 6.45) is -0.360. The summed E-state index contributed by atoms with van der Waals surface area (Å²) in [6.45, 7) is 0.777. The Hall–Kier alpha value is -0.370. The van der Waals surface area contributed by atoms with Gasteiger partial charge in [-0.25, -0.2) is 0 Å². The summed E-state index contributed by atoms with van der Waals surface area (Å²) in [5.74, 6) is 0. The van der Waals surface area contributed by atoms with Gasteiger partial charge in [-0.05, 0) is 25.7 Å². The molecule has 18 heavy (non-hydrogen) atoms. The molecule has 0 aromatic carbocycles. The minimum absolute atomic E-state index is 0.302. The van der Waals surface area contributed by atoms with Crippen molar-refractivity contribution in [2.45, 2.75) is 37.9 Å². The molecule has 8 heteroatoms. The molecule has 1 aromatic rings. The van der Waals surface area contributed by atoms with Gasteiger partial charge in [-0.3, -0.25) is 0 Å². The molecule has 1 aliphatic heterocycles. The summed E-state index contributed by atoms with van der Waals surface area (Å²) >= 11 is 4.01. The quantitative estimate of drug-likeness (QED) is 0.780. The highest BCUT2D eigenvalue weighted by molar-refractivity contribution is 9.09. The molecule has 0 spiro atoms. The second kappa shape index (κ2) is 5.73. The maximum Gasteiger partial charge on any atom is 0.445 e. The largest absolute Gasteiger partial charge is 0.445 e. The first-order valence-electron chi connectivity index (χ1n) is 5.75. The molecule has 0 N–H and O–H groups in total. The van der Waals surface area contributed by atoms with E-state index in [0.29, 0.717) is 22.5 Å². The zero-order valence-electron chi connectivity index (χ0n) is 9.58. The van der Waals surface area contributed by atoms with Crippen molar-refractivity contribution in [2.24, 2.45) is 0 Å². The second-order valence-corrected chi connectivity index (χ2v) is 5.96. The average Bonchev–Trinajstić information content (AvgIpc) is 2.93. The van der Waals surface area contributed by atoms with Crippen LogP contribution in [0.5, 0.6) is 0 Å². The van der Waals surface area contributed by atoms with E-state index in [-0.39, 0.29) is 0 Å². The zero-order valence-corrected chi connectivity index (χ0v) is 12.0. The molecule has 0 bridgehead atoms. The number of aromatic nitrogens is 2. The highest BCUT2D eigenvalue weighted by Crippen LogP contribution is 2.37. The molecule has 1 aromatic heterocycles. The third-order valence-corrected chi connectivity index (χ3v) is 4.52. The predicted molar refractivity (Wildman–Crippen MR) is 68.3 cm³/mol. The number of hydrogen-bond acceptors (Lipinski definition) is 4. The van der Waals surface area contributed by atoms with E-state index in [2.05, 4.69) is 26.1 Å². The number of anilines is 1. The van der Waals surface area contributed by atoms with E-state index < -0.39 is 11.2 Å². The predicted octanol–water partition coefficient (Wildman–Crippen LogP) is 3.70. The van der Waals surface area contributed by atoms with Crippen LogP contribution in [-0.2, 0) is 6.18 Å². The van der Waals surface area contributed by atoms with Gasteiger partial charge in [0.25, 0.3) is 0 Å². The molecule has 1 atom stereocenters. The van der Waals surface area contributed by atoms with Crippen LogP contribution in [-0.4, -0.2) is 28.1 Å². The van der Waals surface area contributed by atoms with Crippen molar-refractivity contribution in [2.75, 3.05) is 16.8 Å². The van der Waals surface area contributed by atoms with E-state index in [1.54, 1.807) is 0 Å². The first-order chi connectivity index (χ1) is 8.52. The summed E-state index contributed by atoms with van der Waals surface area (Å²) in [4.78, 5) is 1.97. The highest BCUT2D eigenvalue weighted by Gasteiger charge is 2.37. The smallest absolute Gasteiger partial charge is 0.344 e. The molecule has 1 unspecified atom stereocenters. The Labute approximate surface area is 116 Å². The van der Waals surface area contributed by atoms with Crippen LogP contribution in [0.15, 0.2) is 0 Å². The van der Waals surface area contributed by atoms with Gasteiger partial charge in [0.15, 0.2) is 0 Å². The van der Waals surface area contributed by atoms with Gasteiger partial charge in [0.05, 0.1) is 0 Å². The summed E-state index contributed by atoms with van der Waals surface area (Å²) in [5.41, 5.74) is 0. The van der Waals surface area contributed by atoms with E-state index in [9.17, 15) is 13.2 Å². The van der Waals surface area contributed by atoms with Crippen LogP contribution in [0, 0.1) is 0 Å². The number of halogens is 4. The summed E-state index contributed by atoms with van der Waals surface area (Å²) in [7, 11) is 0. The fraction of sp³-hybridized carbons (Fsp3) is 0.800. The number of alkyl halides is 4. The van der Waals surface area contributed by atoms with Crippen molar-refractivity contribution in [3.8, 4) is 0 Å². The molecule has 102 valence electrons. The van der Waals surface area contributed by atoms with E-state index in [0.717, 1.165) is 37.6 Å². The van der Waals surface area contributed by atoms with Crippen LogP contribution in [0.2, 0.25) is 0 Å². The van der Waals surface area contributed by atoms with Gasteiger partial charge in [0.2, 0.25) is 10.1 Å². The lowest BCUT2D eigenvalue weighted by atomic mass is 10.1. The number of hydrogen-bond donors (Lipinski definition) is 0. The Morgan fingerprint density at radius 3 is 2.78 bits per heavy atom. The second-order valence-electron chi connectivity index (χ2n) is 4.21. The van der Waals surface area contributed by atoms with Crippen LogP contribution in [0.1, 0.15) is 30.7 Å². The van der Waals surface area contributed by atoms with Gasteiger partial charge >= 0.3 is 6.18 Å². The van der Waals surface area contributed by atoms with Crippen molar-refractivity contribution in [3.05, 3.63) is 5.01 Å². The normalized spacial score (nSPS) is 20.7. The lowest BCUT2D eigenvalue weighted by Gasteiger charge is -2.23. The molecule has 3 nitrogen and oxygen atoms in total. The summed E-state index contributed by atoms with van der Waals surface area (Å²) in [6, 6.07) is 0.302. The fourth-order valence-electron chi connectivity index (χ4n) is 2.15. The highest BCUT2D eigenvalue weighted by atomic mass is 79.9. The van der Waals surface area contributed by atoms with Gasteiger partial charge in [0.1, 0.15) is 0 Å². The van der Waals surface area contributed by atoms with Gasteiger partial charge in [-0.1, -0.05) is 27.3 Å². The maximum absolute atomic E-state index is 12.5. The SMILES string of the molecule is FC(F)(F)c1nnc(N2CCCC2CCCBr)s1. The van der Waals surface area contributed by atoms with Crippen LogP contribution in [0.25, 0.3) is 0 Å². The van der Waals surface area contributed by atoms with Gasteiger partial charge in [-0.2, -0.15) is 13.2 Å². The van der Waals surface area contributed by atoms with Crippen molar-refractivity contribution in [1.29, 1.82) is 0 Å². The molecule has 0 saturated carbocycles. The van der Waals surface area contributed by atoms with Crippen LogP contribution >= 0.6 is 27.3 Å². The third-order valence-electron chi connectivity index (χ3n) is 2.95. The van der Waals surface area contributed by atoms with Crippen LogP contribution in [0.3, 0.4) is 0 Å². The Balaban J connectivity index is 2.08. The standard InChI is InChI=1S/C10H13BrF3N3S/c11-5-1-3-7-4-2-6-17(7)9-16-15-8(18-9)10(12,13)14/h7H,1-6H2. The zero-order chi connectivity index (χ0) is 13.2. The van der Waals surface area contributed by atoms with Crippen molar-refractivity contribution in [3.63, 3.8) is 0 Å². The Morgan fingerprint density at radius 2 is 2.17 bits per heavy atom. The summed E-state index contributed by atoms with van der Waals surface area (Å²) < 4.78 is 37.4. The monoisotopic (exact) mass is 343 g/mol. The Kier molecular flexibility index (Phi) is 4.47. The van der Waals surface area contributed by atoms with Crippen molar-refractivity contribution < 1.29 is 13.2 Å². The van der Waals surface area contributed by atoms with Gasteiger partial charge < -0.3 is 4.90 Å². The van der Waals surface area contributed by atoms with Crippen molar-refractivity contribution >= 4 is 32.4 Å². The number of nitrogens with zero attached hydrogens (tertiary/aromatic N) is 3. The lowest BCUT2D eigenvalue weighted by Crippen LogP contribution is -2.29. The molecule has 0 amide bonds. The minimum atomic E-state index is -4.39. The molecule has 1 fully saturated rings. The maximum atomic E-state index is 12.5. The topological polar surface area (TPSA) is 29.0 Å². The first-order valence-corrected chi connectivity index (χ1v) is 7.69. The van der Waals surface area contributed by atoms with E-state index in [1.165, 1.54) is 0 Å². The molecular formula is C10H13BrF3N3S. The van der Waals surface area contributed by atoms with E-state index in [1.807, 2.05) is 4.90 Å². The van der Waals surface area contributed by atoms with Gasteiger partial charge in [0, 0.05) is 17.9 Å². The Bertz CT molecular complexity index is 396. The van der Waals surface area contributed by atoms with E-state index in [4.69, 9.17) is 0 Å². The molecular weight excluding hydrogens is 331 g/mol. The van der Waals surface area contributed by atoms with E-state index >= 15 is 0 Å². The molecule has 0 aliphatic carbocycles. The Morgan fingerprint density at radius 1 is 1.39 bits per heavy atom. The number of rotatable bonds is 4. The van der Waals surface area contributed by atoms with Crippen molar-refractivity contribution in [1.82, 2.24) is 10.2 Å². The third kappa shape index (κ3) is 3.14. The molecule has 2 rings (SSSR count). The van der Waals surface area contributed by atoms with Crippen LogP contribution in [0.4, 0.5) is 18.3 Å².